The van der Waals surface area contributed by atoms with Gasteiger partial charge in [0, 0.05) is 18.9 Å². The first kappa shape index (κ1) is 21.1. The Bertz CT molecular complexity index is 685. The molecule has 0 fully saturated rings. The molecule has 2 aliphatic heterocycles. The van der Waals surface area contributed by atoms with Gasteiger partial charge in [-0.05, 0) is 36.9 Å². The van der Waals surface area contributed by atoms with Crippen LogP contribution in [0.3, 0.4) is 0 Å². The van der Waals surface area contributed by atoms with Crippen molar-refractivity contribution in [3.63, 3.8) is 0 Å². The van der Waals surface area contributed by atoms with E-state index in [-0.39, 0.29) is 60.8 Å². The van der Waals surface area contributed by atoms with Crippen LogP contribution in [0.5, 0.6) is 5.75 Å². The standard InChI is InChI=1S/C14H14ClF2N4O.ClH.Zn/c1-20(2)3-4-21-6-10(15)22-13-9(17)5-8(16)12-11(13)14(21)19-7-18-12;;/h6,18H,3-4,7H2,1-2H3;1H;/q-1;;+2/p-1. The average Bonchev–Trinajstić information content (AvgIpc) is 2.60. The first-order chi connectivity index (χ1) is 10.5. The normalized spacial score (nSPS) is 15.0. The zero-order valence-corrected chi connectivity index (χ0v) is 17.6. The van der Waals surface area contributed by atoms with E-state index in [9.17, 15) is 8.78 Å². The summed E-state index contributed by atoms with van der Waals surface area (Å²) in [6.45, 7) is 1.44. The number of ether oxygens (including phenoxy) is 1. The van der Waals surface area contributed by atoms with E-state index in [4.69, 9.17) is 16.3 Å². The fourth-order valence-corrected chi connectivity index (χ4v) is 2.51. The van der Waals surface area contributed by atoms with Crippen LogP contribution in [0.1, 0.15) is 5.56 Å². The van der Waals surface area contributed by atoms with Crippen LogP contribution in [0.2, 0.25) is 0 Å². The molecule has 0 atom stereocenters. The van der Waals surface area contributed by atoms with Crippen molar-refractivity contribution in [2.45, 2.75) is 0 Å². The number of anilines is 1. The molecule has 10 heteroatoms. The second-order valence-electron chi connectivity index (χ2n) is 5.18. The van der Waals surface area contributed by atoms with Gasteiger partial charge in [-0.15, -0.1) is 6.07 Å². The molecule has 0 spiro atoms. The van der Waals surface area contributed by atoms with E-state index >= 15 is 0 Å². The summed E-state index contributed by atoms with van der Waals surface area (Å²) in [7, 11) is 3.86. The summed E-state index contributed by atoms with van der Waals surface area (Å²) in [5, 5.41) is 2.76. The van der Waals surface area contributed by atoms with Crippen LogP contribution in [-0.2, 0) is 19.5 Å². The van der Waals surface area contributed by atoms with Crippen molar-refractivity contribution in [2.24, 2.45) is 4.99 Å². The maximum absolute atomic E-state index is 14.0. The summed E-state index contributed by atoms with van der Waals surface area (Å²) in [5.41, 5.74) is 0.349. The smallest absolute Gasteiger partial charge is 1.00 e. The molecule has 0 bridgehead atoms. The topological polar surface area (TPSA) is 40.1 Å². The van der Waals surface area contributed by atoms with Crippen molar-refractivity contribution in [3.05, 3.63) is 34.7 Å². The van der Waals surface area contributed by atoms with Crippen molar-refractivity contribution in [1.29, 1.82) is 0 Å². The molecule has 0 unspecified atom stereocenters. The second kappa shape index (κ2) is 8.43. The summed E-state index contributed by atoms with van der Waals surface area (Å²) in [4.78, 5) is 8.04. The van der Waals surface area contributed by atoms with Gasteiger partial charge in [-0.1, -0.05) is 0 Å². The summed E-state index contributed by atoms with van der Waals surface area (Å²) >= 11 is 6.00. The Balaban J connectivity index is 0.00000144. The summed E-state index contributed by atoms with van der Waals surface area (Å²) in [5.74, 6) is -1.49. The molecule has 0 saturated carbocycles. The molecular weight excluding hydrogens is 414 g/mol. The van der Waals surface area contributed by atoms with E-state index in [0.717, 1.165) is 0 Å². The third-order valence-corrected chi connectivity index (χ3v) is 3.52. The largest absolute Gasteiger partial charge is 2.00 e. The van der Waals surface area contributed by atoms with Gasteiger partial charge >= 0.3 is 19.5 Å². The fourth-order valence-electron chi connectivity index (χ4n) is 2.32. The van der Waals surface area contributed by atoms with Crippen LogP contribution in [-0.4, -0.2) is 49.5 Å². The van der Waals surface area contributed by atoms with Crippen molar-refractivity contribution < 1.29 is 45.4 Å². The Morgan fingerprint density at radius 1 is 1.42 bits per heavy atom. The predicted octanol–water partition coefficient (Wildman–Crippen LogP) is -0.810. The first-order valence-corrected chi connectivity index (χ1v) is 7.04. The number of rotatable bonds is 3. The maximum Gasteiger partial charge on any atom is 2.00 e. The number of hydrogen-bond donors (Lipinski definition) is 1. The van der Waals surface area contributed by atoms with Gasteiger partial charge in [-0.2, -0.15) is 0 Å². The maximum atomic E-state index is 14.0. The predicted molar refractivity (Wildman–Crippen MR) is 80.0 cm³/mol. The number of nitrogens with zero attached hydrogens (tertiary/aromatic N) is 3. The van der Waals surface area contributed by atoms with E-state index in [0.29, 0.717) is 18.9 Å². The van der Waals surface area contributed by atoms with Crippen molar-refractivity contribution in [3.8, 4) is 5.75 Å². The number of nitrogens with one attached hydrogen (secondary N) is 1. The third kappa shape index (κ3) is 3.99. The Morgan fingerprint density at radius 2 is 2.12 bits per heavy atom. The van der Waals surface area contributed by atoms with Crippen LogP contribution < -0.4 is 22.5 Å². The van der Waals surface area contributed by atoms with Crippen molar-refractivity contribution >= 4 is 23.1 Å². The van der Waals surface area contributed by atoms with Gasteiger partial charge in [-0.25, -0.2) is 13.8 Å². The van der Waals surface area contributed by atoms with Gasteiger partial charge < -0.3 is 32.3 Å². The average molecular weight is 429 g/mol. The van der Waals surface area contributed by atoms with E-state index < -0.39 is 11.6 Å². The molecular formula is C14H14Cl2F2N4OZn. The van der Waals surface area contributed by atoms with Gasteiger partial charge in [0.1, 0.15) is 5.84 Å². The van der Waals surface area contributed by atoms with E-state index in [2.05, 4.69) is 10.3 Å². The minimum absolute atomic E-state index is 0. The molecule has 0 aromatic heterocycles. The Kier molecular flexibility index (Phi) is 7.41. The van der Waals surface area contributed by atoms with Crippen LogP contribution in [0.4, 0.5) is 14.5 Å². The molecule has 2 aliphatic rings. The zero-order chi connectivity index (χ0) is 15.9. The number of benzene rings is 1. The SMILES string of the molecule is CN(C)CCN1C=C(Cl)Oc2c(F)[c-]c(F)c3c2C1=NCN3.[Cl-].[Zn+2]. The quantitative estimate of drug-likeness (QED) is 0.505. The molecule has 0 radical (unpaired) electrons. The molecule has 2 heterocycles. The van der Waals surface area contributed by atoms with Gasteiger partial charge in [0.2, 0.25) is 0 Å². The monoisotopic (exact) mass is 426 g/mol. The molecule has 1 aromatic rings. The molecule has 24 heavy (non-hydrogen) atoms. The minimum atomic E-state index is -0.936. The van der Waals surface area contributed by atoms with E-state index in [1.165, 1.54) is 6.20 Å². The number of amidine groups is 1. The van der Waals surface area contributed by atoms with Crippen molar-refractivity contribution in [2.75, 3.05) is 39.2 Å². The summed E-state index contributed by atoms with van der Waals surface area (Å²) < 4.78 is 33.3. The molecule has 3 rings (SSSR count). The Hall–Kier alpha value is -0.947. The third-order valence-electron chi connectivity index (χ3n) is 3.34. The van der Waals surface area contributed by atoms with Gasteiger partial charge in [0.05, 0.1) is 24.4 Å². The second-order valence-corrected chi connectivity index (χ2v) is 5.55. The fraction of sp³-hybridized carbons (Fsp3) is 0.357. The number of hydrogen-bond acceptors (Lipinski definition) is 5. The zero-order valence-electron chi connectivity index (χ0n) is 13.2. The van der Waals surface area contributed by atoms with Crippen molar-refractivity contribution in [1.82, 2.24) is 9.80 Å². The Morgan fingerprint density at radius 3 is 2.79 bits per heavy atom. The van der Waals surface area contributed by atoms with E-state index in [1.807, 2.05) is 25.1 Å². The first-order valence-electron chi connectivity index (χ1n) is 6.67. The molecule has 0 aliphatic carbocycles. The summed E-state index contributed by atoms with van der Waals surface area (Å²) in [6, 6.07) is 2.00. The molecule has 1 aromatic carbocycles. The van der Waals surface area contributed by atoms with Crippen LogP contribution in [0.25, 0.3) is 0 Å². The molecule has 0 saturated heterocycles. The molecule has 5 nitrogen and oxygen atoms in total. The minimum Gasteiger partial charge on any atom is -1.00 e. The molecule has 1 N–H and O–H groups in total. The summed E-state index contributed by atoms with van der Waals surface area (Å²) in [6.07, 6.45) is 1.52. The number of aliphatic imine (C=N–C) groups is 1. The van der Waals surface area contributed by atoms with Gasteiger partial charge in [0.15, 0.2) is 5.22 Å². The van der Waals surface area contributed by atoms with Crippen LogP contribution in [0, 0.1) is 17.7 Å². The number of halogens is 4. The van der Waals surface area contributed by atoms with Crippen LogP contribution in [0.15, 0.2) is 16.4 Å². The van der Waals surface area contributed by atoms with Crippen LogP contribution >= 0.6 is 11.6 Å². The number of likely N-dealkylation sites (N-methyl/N-ethyl adjacent to an activating group) is 1. The molecule has 126 valence electrons. The Labute approximate surface area is 162 Å². The molecule has 0 amide bonds. The van der Waals surface area contributed by atoms with Gasteiger partial charge in [0.25, 0.3) is 0 Å². The van der Waals surface area contributed by atoms with Gasteiger partial charge in [-0.3, -0.25) is 0 Å². The van der Waals surface area contributed by atoms with E-state index in [1.54, 1.807) is 4.90 Å².